The molecule has 0 spiro atoms. The van der Waals surface area contributed by atoms with Gasteiger partial charge in [-0.05, 0) is 39.7 Å². The van der Waals surface area contributed by atoms with Crippen molar-refractivity contribution in [2.45, 2.75) is 45.3 Å². The highest BCUT2D eigenvalue weighted by molar-refractivity contribution is 6.33. The third-order valence-electron chi connectivity index (χ3n) is 3.76. The van der Waals surface area contributed by atoms with Gasteiger partial charge < -0.3 is 19.4 Å². The Morgan fingerprint density at radius 2 is 2.25 bits per heavy atom. The van der Waals surface area contributed by atoms with Gasteiger partial charge in [0.05, 0.1) is 11.6 Å². The van der Waals surface area contributed by atoms with Crippen LogP contribution in [0.4, 0.5) is 10.6 Å². The van der Waals surface area contributed by atoms with Gasteiger partial charge in [0.25, 0.3) is 0 Å². The van der Waals surface area contributed by atoms with Gasteiger partial charge in [0.1, 0.15) is 5.60 Å². The number of carbonyl (C=O) groups is 1. The Hall–Kier alpha value is -2.02. The molecule has 0 radical (unpaired) electrons. The molecule has 0 bridgehead atoms. The van der Waals surface area contributed by atoms with Gasteiger partial charge in [-0.3, -0.25) is 0 Å². The lowest BCUT2D eigenvalue weighted by molar-refractivity contribution is 0.0206. The highest BCUT2D eigenvalue weighted by atomic mass is 35.5. The number of nitrogens with one attached hydrogen (secondary N) is 1. The van der Waals surface area contributed by atoms with Crippen LogP contribution in [0.25, 0.3) is 11.0 Å². The summed E-state index contributed by atoms with van der Waals surface area (Å²) in [5, 5.41) is 12.4. The number of anilines is 1. The second kappa shape index (κ2) is 6.47. The average Bonchev–Trinajstić information content (AvgIpc) is 2.99. The zero-order valence-corrected chi connectivity index (χ0v) is 14.8. The Bertz CT molecular complexity index is 740. The molecule has 1 N–H and O–H groups in total. The van der Waals surface area contributed by atoms with E-state index >= 15 is 0 Å². The SMILES string of the molecule is CC(C)(C)OC(=O)N1CCCC(Nc2nnc(Cl)c3occc23)C1. The van der Waals surface area contributed by atoms with E-state index in [0.29, 0.717) is 24.5 Å². The summed E-state index contributed by atoms with van der Waals surface area (Å²) >= 11 is 5.97. The number of fused-ring (bicyclic) bond motifs is 1. The van der Waals surface area contributed by atoms with E-state index in [1.807, 2.05) is 20.8 Å². The largest absolute Gasteiger partial charge is 0.461 e. The molecule has 1 unspecified atom stereocenters. The second-order valence-corrected chi connectivity index (χ2v) is 7.27. The number of likely N-dealkylation sites (tertiary alicyclic amines) is 1. The van der Waals surface area contributed by atoms with E-state index in [0.717, 1.165) is 18.2 Å². The van der Waals surface area contributed by atoms with Crippen LogP contribution < -0.4 is 5.32 Å². The fraction of sp³-hybridized carbons (Fsp3) is 0.562. The Balaban J connectivity index is 1.70. The van der Waals surface area contributed by atoms with Crippen LogP contribution in [0.2, 0.25) is 5.15 Å². The quantitative estimate of drug-likeness (QED) is 0.887. The summed E-state index contributed by atoms with van der Waals surface area (Å²) in [4.78, 5) is 14.0. The van der Waals surface area contributed by atoms with Crippen LogP contribution in [0.1, 0.15) is 33.6 Å². The Morgan fingerprint density at radius 1 is 1.46 bits per heavy atom. The summed E-state index contributed by atoms with van der Waals surface area (Å²) in [6, 6.07) is 1.87. The highest BCUT2D eigenvalue weighted by Gasteiger charge is 2.28. The predicted octanol–water partition coefficient (Wildman–Crippen LogP) is 3.69. The van der Waals surface area contributed by atoms with Crippen molar-refractivity contribution in [3.05, 3.63) is 17.5 Å². The number of hydrogen-bond donors (Lipinski definition) is 1. The van der Waals surface area contributed by atoms with Crippen LogP contribution in [0.15, 0.2) is 16.7 Å². The molecule has 3 heterocycles. The first-order valence-corrected chi connectivity index (χ1v) is 8.35. The summed E-state index contributed by atoms with van der Waals surface area (Å²) in [7, 11) is 0. The van der Waals surface area contributed by atoms with Gasteiger partial charge in [-0.15, -0.1) is 10.2 Å². The van der Waals surface area contributed by atoms with Crippen molar-refractivity contribution in [3.63, 3.8) is 0 Å². The molecule has 0 aliphatic carbocycles. The number of aromatic nitrogens is 2. The zero-order valence-electron chi connectivity index (χ0n) is 14.0. The minimum atomic E-state index is -0.498. The summed E-state index contributed by atoms with van der Waals surface area (Å²) < 4.78 is 10.8. The van der Waals surface area contributed by atoms with Gasteiger partial charge in [-0.1, -0.05) is 11.6 Å². The van der Waals surface area contributed by atoms with Crippen molar-refractivity contribution in [1.82, 2.24) is 15.1 Å². The maximum Gasteiger partial charge on any atom is 0.410 e. The van der Waals surface area contributed by atoms with Gasteiger partial charge in [0, 0.05) is 19.1 Å². The molecule has 2 aromatic heterocycles. The number of piperidine rings is 1. The number of nitrogens with zero attached hydrogens (tertiary/aromatic N) is 3. The number of furan rings is 1. The smallest absolute Gasteiger partial charge is 0.410 e. The van der Waals surface area contributed by atoms with Crippen molar-refractivity contribution >= 4 is 34.5 Å². The number of amides is 1. The van der Waals surface area contributed by atoms with Crippen LogP contribution in [-0.2, 0) is 4.74 Å². The Kier molecular flexibility index (Phi) is 4.54. The number of ether oxygens (including phenoxy) is 1. The van der Waals surface area contributed by atoms with Gasteiger partial charge in [0.2, 0.25) is 0 Å². The van der Waals surface area contributed by atoms with Crippen LogP contribution in [0.3, 0.4) is 0 Å². The minimum Gasteiger partial charge on any atom is -0.461 e. The fourth-order valence-electron chi connectivity index (χ4n) is 2.74. The standard InChI is InChI=1S/C16H21ClN4O3/c1-16(2,3)24-15(22)21-7-4-5-10(9-21)18-14-11-6-8-23-12(11)13(17)19-20-14/h6,8,10H,4-5,7,9H2,1-3H3,(H,18,20). The maximum atomic E-state index is 12.2. The summed E-state index contributed by atoms with van der Waals surface area (Å²) in [6.07, 6.45) is 3.10. The molecule has 1 saturated heterocycles. The molecule has 3 rings (SSSR count). The van der Waals surface area contributed by atoms with Gasteiger partial charge >= 0.3 is 6.09 Å². The molecule has 0 aromatic carbocycles. The molecule has 130 valence electrons. The van der Waals surface area contributed by atoms with E-state index in [4.69, 9.17) is 20.8 Å². The van der Waals surface area contributed by atoms with Crippen molar-refractivity contribution < 1.29 is 13.9 Å². The van der Waals surface area contributed by atoms with Crippen molar-refractivity contribution in [2.24, 2.45) is 0 Å². The number of halogens is 1. The van der Waals surface area contributed by atoms with Crippen molar-refractivity contribution in [1.29, 1.82) is 0 Å². The van der Waals surface area contributed by atoms with E-state index in [1.165, 1.54) is 0 Å². The lowest BCUT2D eigenvalue weighted by atomic mass is 10.1. The molecule has 24 heavy (non-hydrogen) atoms. The molecule has 2 aromatic rings. The monoisotopic (exact) mass is 352 g/mol. The van der Waals surface area contributed by atoms with Gasteiger partial charge in [-0.2, -0.15) is 0 Å². The van der Waals surface area contributed by atoms with E-state index in [2.05, 4.69) is 15.5 Å². The van der Waals surface area contributed by atoms with Crippen LogP contribution in [0.5, 0.6) is 0 Å². The first-order valence-electron chi connectivity index (χ1n) is 7.97. The zero-order chi connectivity index (χ0) is 17.3. The van der Waals surface area contributed by atoms with E-state index < -0.39 is 5.60 Å². The van der Waals surface area contributed by atoms with Gasteiger partial charge in [-0.25, -0.2) is 4.79 Å². The van der Waals surface area contributed by atoms with Gasteiger partial charge in [0.15, 0.2) is 16.6 Å². The third-order valence-corrected chi connectivity index (χ3v) is 4.01. The number of rotatable bonds is 2. The number of carbonyl (C=O) groups excluding carboxylic acids is 1. The Morgan fingerprint density at radius 3 is 3.00 bits per heavy atom. The molecule has 7 nitrogen and oxygen atoms in total. The molecular weight excluding hydrogens is 332 g/mol. The van der Waals surface area contributed by atoms with Crippen LogP contribution in [0, 0.1) is 0 Å². The minimum absolute atomic E-state index is 0.0693. The molecule has 0 saturated carbocycles. The molecule has 1 aliphatic heterocycles. The first kappa shape index (κ1) is 16.8. The Labute approximate surface area is 145 Å². The molecule has 1 atom stereocenters. The normalized spacial score (nSPS) is 18.7. The molecule has 1 amide bonds. The lowest BCUT2D eigenvalue weighted by Gasteiger charge is -2.34. The van der Waals surface area contributed by atoms with Crippen LogP contribution in [-0.4, -0.2) is 45.9 Å². The summed E-state index contributed by atoms with van der Waals surface area (Å²) in [5.41, 5.74) is 0.0104. The molecule has 1 aliphatic rings. The van der Waals surface area contributed by atoms with Crippen LogP contribution >= 0.6 is 11.6 Å². The summed E-state index contributed by atoms with van der Waals surface area (Å²) in [5.74, 6) is 0.610. The van der Waals surface area contributed by atoms with E-state index in [9.17, 15) is 4.79 Å². The van der Waals surface area contributed by atoms with Crippen molar-refractivity contribution in [3.8, 4) is 0 Å². The second-order valence-electron chi connectivity index (χ2n) is 6.91. The topological polar surface area (TPSA) is 80.5 Å². The lowest BCUT2D eigenvalue weighted by Crippen LogP contribution is -2.47. The average molecular weight is 353 g/mol. The molecule has 8 heteroatoms. The molecular formula is C16H21ClN4O3. The highest BCUT2D eigenvalue weighted by Crippen LogP contribution is 2.28. The molecule has 1 fully saturated rings. The van der Waals surface area contributed by atoms with E-state index in [-0.39, 0.29) is 17.3 Å². The first-order chi connectivity index (χ1) is 11.3. The fourth-order valence-corrected chi connectivity index (χ4v) is 2.92. The predicted molar refractivity (Wildman–Crippen MR) is 91.3 cm³/mol. The summed E-state index contributed by atoms with van der Waals surface area (Å²) in [6.45, 7) is 6.84. The van der Waals surface area contributed by atoms with Crippen molar-refractivity contribution in [2.75, 3.05) is 18.4 Å². The maximum absolute atomic E-state index is 12.2. The van der Waals surface area contributed by atoms with E-state index in [1.54, 1.807) is 17.2 Å². The third kappa shape index (κ3) is 3.72. The number of hydrogen-bond acceptors (Lipinski definition) is 6.